The van der Waals surface area contributed by atoms with Gasteiger partial charge in [0.05, 0.1) is 7.11 Å². The molecule has 0 spiro atoms. The normalized spacial score (nSPS) is 17.6. The molecule has 2 aromatic heterocycles. The molecule has 4 nitrogen and oxygen atoms in total. The van der Waals surface area contributed by atoms with Crippen molar-refractivity contribution in [2.45, 2.75) is 19.4 Å². The first kappa shape index (κ1) is 15.8. The molecule has 3 aromatic rings. The van der Waals surface area contributed by atoms with Gasteiger partial charge in [0, 0.05) is 35.4 Å². The summed E-state index contributed by atoms with van der Waals surface area (Å²) < 4.78 is 19.2. The van der Waals surface area contributed by atoms with Gasteiger partial charge in [-0.25, -0.2) is 9.37 Å². The third kappa shape index (κ3) is 2.91. The van der Waals surface area contributed by atoms with Gasteiger partial charge >= 0.3 is 0 Å². The molecule has 5 heteroatoms. The van der Waals surface area contributed by atoms with Crippen LogP contribution in [0.2, 0.25) is 0 Å². The molecular formula is C20H20FN3O. The number of rotatable bonds is 3. The third-order valence-electron chi connectivity index (χ3n) is 4.67. The van der Waals surface area contributed by atoms with Crippen LogP contribution in [0.3, 0.4) is 0 Å². The number of aromatic nitrogens is 2. The monoisotopic (exact) mass is 337 g/mol. The topological polar surface area (TPSA) is 49.9 Å². The molecule has 0 radical (unpaired) electrons. The van der Waals surface area contributed by atoms with Crippen molar-refractivity contribution >= 4 is 16.6 Å². The van der Waals surface area contributed by atoms with Crippen molar-refractivity contribution < 1.29 is 9.13 Å². The van der Waals surface area contributed by atoms with Crippen LogP contribution in [0.15, 0.2) is 42.6 Å². The molecule has 1 aliphatic heterocycles. The Morgan fingerprint density at radius 1 is 1.20 bits per heavy atom. The highest BCUT2D eigenvalue weighted by molar-refractivity contribution is 5.96. The molecule has 0 amide bonds. The summed E-state index contributed by atoms with van der Waals surface area (Å²) >= 11 is 0. The van der Waals surface area contributed by atoms with Crippen molar-refractivity contribution in [1.82, 2.24) is 15.3 Å². The summed E-state index contributed by atoms with van der Waals surface area (Å²) in [5, 5.41) is 4.38. The Hall–Kier alpha value is -2.66. The lowest BCUT2D eigenvalue weighted by Gasteiger charge is -2.19. The molecule has 128 valence electrons. The fourth-order valence-electron chi connectivity index (χ4n) is 3.41. The van der Waals surface area contributed by atoms with Crippen LogP contribution in [0.4, 0.5) is 4.39 Å². The molecule has 0 bridgehead atoms. The molecule has 0 saturated heterocycles. The zero-order valence-electron chi connectivity index (χ0n) is 14.3. The lowest BCUT2D eigenvalue weighted by Crippen LogP contribution is -2.29. The largest absolute Gasteiger partial charge is 0.496 e. The first-order valence-electron chi connectivity index (χ1n) is 8.40. The summed E-state index contributed by atoms with van der Waals surface area (Å²) in [7, 11) is 1.60. The van der Waals surface area contributed by atoms with Gasteiger partial charge in [0.1, 0.15) is 17.2 Å². The fraction of sp³-hybridized carbons (Fsp3) is 0.250. The number of fused-ring (bicyclic) bond motifs is 1. The number of pyridine rings is 1. The molecular weight excluding hydrogens is 317 g/mol. The van der Waals surface area contributed by atoms with Gasteiger partial charge in [-0.05, 0) is 54.8 Å². The van der Waals surface area contributed by atoms with Crippen molar-refractivity contribution in [1.29, 1.82) is 0 Å². The number of methoxy groups -OCH3 is 1. The number of benzene rings is 1. The van der Waals surface area contributed by atoms with Crippen LogP contribution >= 0.6 is 0 Å². The van der Waals surface area contributed by atoms with E-state index >= 15 is 0 Å². The van der Waals surface area contributed by atoms with E-state index in [1.165, 1.54) is 17.7 Å². The second-order valence-corrected chi connectivity index (χ2v) is 6.39. The molecule has 1 aromatic carbocycles. The van der Waals surface area contributed by atoms with Gasteiger partial charge in [-0.2, -0.15) is 0 Å². The molecule has 3 heterocycles. The van der Waals surface area contributed by atoms with Gasteiger partial charge in [-0.3, -0.25) is 0 Å². The minimum Gasteiger partial charge on any atom is -0.496 e. The Morgan fingerprint density at radius 2 is 2.08 bits per heavy atom. The van der Waals surface area contributed by atoms with E-state index in [9.17, 15) is 4.39 Å². The van der Waals surface area contributed by atoms with E-state index in [0.29, 0.717) is 11.8 Å². The van der Waals surface area contributed by atoms with Crippen LogP contribution in [0.25, 0.3) is 27.7 Å². The number of hydrogen-bond acceptors (Lipinski definition) is 3. The zero-order chi connectivity index (χ0) is 17.4. The summed E-state index contributed by atoms with van der Waals surface area (Å²) in [6.07, 6.45) is 4.90. The highest BCUT2D eigenvalue weighted by Crippen LogP contribution is 2.36. The minimum absolute atomic E-state index is 0.286. The van der Waals surface area contributed by atoms with Crippen LogP contribution in [-0.4, -0.2) is 29.7 Å². The molecule has 4 rings (SSSR count). The van der Waals surface area contributed by atoms with Gasteiger partial charge < -0.3 is 15.0 Å². The number of ether oxygens (including phenoxy) is 1. The highest BCUT2D eigenvalue weighted by atomic mass is 19.1. The Morgan fingerprint density at radius 3 is 2.88 bits per heavy atom. The maximum Gasteiger partial charge on any atom is 0.138 e. The van der Waals surface area contributed by atoms with Crippen molar-refractivity contribution in [3.05, 3.63) is 54.1 Å². The fourth-order valence-corrected chi connectivity index (χ4v) is 3.41. The zero-order valence-corrected chi connectivity index (χ0v) is 14.3. The smallest absolute Gasteiger partial charge is 0.138 e. The van der Waals surface area contributed by atoms with Crippen LogP contribution in [0.5, 0.6) is 5.75 Å². The molecule has 1 atom stereocenters. The van der Waals surface area contributed by atoms with E-state index < -0.39 is 0 Å². The van der Waals surface area contributed by atoms with E-state index in [2.05, 4.69) is 34.4 Å². The Bertz CT molecular complexity index is 961. The van der Waals surface area contributed by atoms with Crippen LogP contribution in [0.1, 0.15) is 19.0 Å². The average molecular weight is 337 g/mol. The highest BCUT2D eigenvalue weighted by Gasteiger charge is 2.17. The van der Waals surface area contributed by atoms with E-state index in [-0.39, 0.29) is 5.82 Å². The van der Waals surface area contributed by atoms with Crippen molar-refractivity contribution in [2.75, 3.05) is 13.7 Å². The summed E-state index contributed by atoms with van der Waals surface area (Å²) in [6, 6.07) is 9.02. The quantitative estimate of drug-likeness (QED) is 0.755. The summed E-state index contributed by atoms with van der Waals surface area (Å²) in [5.74, 6) is 0.359. The molecule has 0 fully saturated rings. The van der Waals surface area contributed by atoms with Crippen LogP contribution < -0.4 is 10.1 Å². The first-order valence-corrected chi connectivity index (χ1v) is 8.40. The van der Waals surface area contributed by atoms with Crippen molar-refractivity contribution in [2.24, 2.45) is 0 Å². The number of aromatic amines is 1. The molecule has 2 N–H and O–H groups in total. The van der Waals surface area contributed by atoms with Gasteiger partial charge in [0.25, 0.3) is 0 Å². The van der Waals surface area contributed by atoms with Crippen molar-refractivity contribution in [3.63, 3.8) is 0 Å². The number of halogens is 1. The predicted molar refractivity (Wildman–Crippen MR) is 98.1 cm³/mol. The Kier molecular flexibility index (Phi) is 4.01. The molecule has 25 heavy (non-hydrogen) atoms. The third-order valence-corrected chi connectivity index (χ3v) is 4.67. The number of hydrogen-bond donors (Lipinski definition) is 2. The number of nitrogens with zero attached hydrogens (tertiary/aromatic N) is 1. The standard InChI is InChI=1S/C20H20FN3O/c1-12-9-13(5-7-22-12)18-11-17-15(6-8-23-20(17)24-18)16-10-14(21)3-4-19(16)25-2/h3-6,8,10-12,22H,7,9H2,1-2H3,(H,23,24)/t12-/m1/s1. The lowest BCUT2D eigenvalue weighted by molar-refractivity contribution is 0.415. The Balaban J connectivity index is 1.86. The van der Waals surface area contributed by atoms with Crippen LogP contribution in [0, 0.1) is 5.82 Å². The van der Waals surface area contributed by atoms with E-state index in [0.717, 1.165) is 40.8 Å². The first-order chi connectivity index (χ1) is 12.2. The summed E-state index contributed by atoms with van der Waals surface area (Å²) in [6.45, 7) is 3.04. The second kappa shape index (κ2) is 6.33. The molecule has 0 aliphatic carbocycles. The molecule has 1 aliphatic rings. The summed E-state index contributed by atoms with van der Waals surface area (Å²) in [4.78, 5) is 7.85. The minimum atomic E-state index is -0.286. The Labute approximate surface area is 145 Å². The molecule has 0 saturated carbocycles. The van der Waals surface area contributed by atoms with Gasteiger partial charge in [-0.1, -0.05) is 6.08 Å². The average Bonchev–Trinajstić information content (AvgIpc) is 3.06. The van der Waals surface area contributed by atoms with Gasteiger partial charge in [-0.15, -0.1) is 0 Å². The maximum absolute atomic E-state index is 13.8. The molecule has 0 unspecified atom stereocenters. The van der Waals surface area contributed by atoms with E-state index in [1.807, 2.05) is 6.07 Å². The van der Waals surface area contributed by atoms with E-state index in [1.54, 1.807) is 19.4 Å². The van der Waals surface area contributed by atoms with Gasteiger partial charge in [0.15, 0.2) is 0 Å². The van der Waals surface area contributed by atoms with Crippen LogP contribution in [-0.2, 0) is 0 Å². The summed E-state index contributed by atoms with van der Waals surface area (Å²) in [5.41, 5.74) is 4.78. The van der Waals surface area contributed by atoms with Gasteiger partial charge in [0.2, 0.25) is 0 Å². The maximum atomic E-state index is 13.8. The van der Waals surface area contributed by atoms with E-state index in [4.69, 9.17) is 4.74 Å². The lowest BCUT2D eigenvalue weighted by atomic mass is 9.99. The second-order valence-electron chi connectivity index (χ2n) is 6.39. The number of nitrogens with one attached hydrogen (secondary N) is 2. The SMILES string of the molecule is COc1ccc(F)cc1-c1ccnc2[nH]c(C3=CCN[C@H](C)C3)cc12. The van der Waals surface area contributed by atoms with Crippen molar-refractivity contribution in [3.8, 4) is 16.9 Å². The predicted octanol–water partition coefficient (Wildman–Crippen LogP) is 4.14. The number of H-pyrrole nitrogens is 1.